The van der Waals surface area contributed by atoms with E-state index in [2.05, 4.69) is 6.07 Å². The van der Waals surface area contributed by atoms with E-state index in [1.165, 1.54) is 5.56 Å². The van der Waals surface area contributed by atoms with Gasteiger partial charge in [-0.05, 0) is 34.9 Å². The second-order valence-corrected chi connectivity index (χ2v) is 5.43. The van der Waals surface area contributed by atoms with E-state index in [0.717, 1.165) is 29.9 Å². The van der Waals surface area contributed by atoms with Crippen molar-refractivity contribution in [2.75, 3.05) is 6.61 Å². The Morgan fingerprint density at radius 2 is 1.74 bits per heavy atom. The average Bonchev–Trinajstić information content (AvgIpc) is 2.88. The van der Waals surface area contributed by atoms with Crippen molar-refractivity contribution in [3.63, 3.8) is 0 Å². The van der Waals surface area contributed by atoms with Crippen molar-refractivity contribution in [2.24, 2.45) is 5.73 Å². The van der Waals surface area contributed by atoms with Gasteiger partial charge in [-0.1, -0.05) is 41.4 Å². The zero-order valence-corrected chi connectivity index (χ0v) is 11.7. The van der Waals surface area contributed by atoms with Crippen molar-refractivity contribution in [2.45, 2.75) is 12.5 Å². The van der Waals surface area contributed by atoms with E-state index in [1.54, 1.807) is 6.07 Å². The third-order valence-corrected chi connectivity index (χ3v) is 4.11. The first-order valence-electron chi connectivity index (χ1n) is 6.11. The molecule has 0 aliphatic carbocycles. The predicted molar refractivity (Wildman–Crippen MR) is 78.1 cm³/mol. The highest BCUT2D eigenvalue weighted by atomic mass is 35.5. The fraction of sp³-hybridized carbons (Fsp3) is 0.200. The number of benzene rings is 2. The maximum absolute atomic E-state index is 6.29. The summed E-state index contributed by atoms with van der Waals surface area (Å²) in [6, 6.07) is 11.4. The van der Waals surface area contributed by atoms with E-state index in [9.17, 15) is 0 Å². The second-order valence-electron chi connectivity index (χ2n) is 4.62. The van der Waals surface area contributed by atoms with Crippen LogP contribution in [0.2, 0.25) is 10.0 Å². The number of halogens is 2. The highest BCUT2D eigenvalue weighted by Crippen LogP contribution is 2.31. The molecule has 2 N–H and O–H groups in total. The highest BCUT2D eigenvalue weighted by molar-refractivity contribution is 6.42. The average molecular weight is 294 g/mol. The zero-order valence-electron chi connectivity index (χ0n) is 10.2. The molecule has 4 heteroatoms. The second kappa shape index (κ2) is 5.04. The minimum atomic E-state index is -0.208. The molecule has 1 atom stereocenters. The fourth-order valence-corrected chi connectivity index (χ4v) is 2.60. The van der Waals surface area contributed by atoms with Crippen molar-refractivity contribution < 1.29 is 4.74 Å². The molecule has 1 unspecified atom stereocenters. The molecule has 0 saturated heterocycles. The third-order valence-electron chi connectivity index (χ3n) is 3.38. The summed E-state index contributed by atoms with van der Waals surface area (Å²) in [6.45, 7) is 0.751. The van der Waals surface area contributed by atoms with Crippen molar-refractivity contribution in [3.05, 3.63) is 63.1 Å². The van der Waals surface area contributed by atoms with E-state index < -0.39 is 0 Å². The fourth-order valence-electron chi connectivity index (χ4n) is 2.30. The standard InChI is InChI=1S/C15H13Cl2NO/c16-12-3-1-11(8-13(12)17)15(18)10-2-4-14-9(7-10)5-6-19-14/h1-4,7-8,15H,5-6,18H2. The molecule has 19 heavy (non-hydrogen) atoms. The first-order valence-corrected chi connectivity index (χ1v) is 6.87. The summed E-state index contributed by atoms with van der Waals surface area (Å²) >= 11 is 12.0. The van der Waals surface area contributed by atoms with Crippen LogP contribution in [0.15, 0.2) is 36.4 Å². The summed E-state index contributed by atoms with van der Waals surface area (Å²) in [6.07, 6.45) is 0.942. The predicted octanol–water partition coefficient (Wildman–Crippen LogP) is 3.98. The first kappa shape index (κ1) is 12.8. The Bertz CT molecular complexity index is 628. The van der Waals surface area contributed by atoms with Crippen LogP contribution in [-0.2, 0) is 6.42 Å². The maximum Gasteiger partial charge on any atom is 0.122 e. The molecule has 0 bridgehead atoms. The van der Waals surface area contributed by atoms with E-state index in [-0.39, 0.29) is 6.04 Å². The summed E-state index contributed by atoms with van der Waals surface area (Å²) in [7, 11) is 0. The van der Waals surface area contributed by atoms with Crippen molar-refractivity contribution in [1.29, 1.82) is 0 Å². The third kappa shape index (κ3) is 2.44. The Labute approximate surface area is 122 Å². The number of ether oxygens (including phenoxy) is 1. The summed E-state index contributed by atoms with van der Waals surface area (Å²) in [5.74, 6) is 0.963. The van der Waals surface area contributed by atoms with Crippen LogP contribution in [0.1, 0.15) is 22.7 Å². The van der Waals surface area contributed by atoms with Crippen LogP contribution in [-0.4, -0.2) is 6.61 Å². The number of rotatable bonds is 2. The topological polar surface area (TPSA) is 35.2 Å². The lowest BCUT2D eigenvalue weighted by molar-refractivity contribution is 0.357. The molecule has 3 rings (SSSR count). The molecule has 2 nitrogen and oxygen atoms in total. The van der Waals surface area contributed by atoms with Gasteiger partial charge < -0.3 is 10.5 Å². The number of hydrogen-bond acceptors (Lipinski definition) is 2. The van der Waals surface area contributed by atoms with Gasteiger partial charge in [-0.15, -0.1) is 0 Å². The molecule has 0 radical (unpaired) electrons. The molecule has 0 aromatic heterocycles. The normalized spacial score (nSPS) is 14.9. The molecule has 0 spiro atoms. The zero-order chi connectivity index (χ0) is 13.4. The monoisotopic (exact) mass is 293 g/mol. The molecule has 2 aromatic carbocycles. The minimum Gasteiger partial charge on any atom is -0.493 e. The molecule has 1 aliphatic heterocycles. The van der Waals surface area contributed by atoms with E-state index in [4.69, 9.17) is 33.7 Å². The summed E-state index contributed by atoms with van der Waals surface area (Å²) in [4.78, 5) is 0. The van der Waals surface area contributed by atoms with Crippen molar-refractivity contribution in [3.8, 4) is 5.75 Å². The summed E-state index contributed by atoms with van der Waals surface area (Å²) in [5, 5.41) is 1.07. The molecule has 0 amide bonds. The van der Waals surface area contributed by atoms with Crippen LogP contribution in [0.5, 0.6) is 5.75 Å². The van der Waals surface area contributed by atoms with Gasteiger partial charge in [0.1, 0.15) is 5.75 Å². The highest BCUT2D eigenvalue weighted by Gasteiger charge is 2.16. The van der Waals surface area contributed by atoms with Crippen LogP contribution in [0, 0.1) is 0 Å². The van der Waals surface area contributed by atoms with Crippen LogP contribution in [0.4, 0.5) is 0 Å². The number of nitrogens with two attached hydrogens (primary N) is 1. The molecule has 2 aromatic rings. The Morgan fingerprint density at radius 3 is 2.53 bits per heavy atom. The lowest BCUT2D eigenvalue weighted by atomic mass is 9.97. The lowest BCUT2D eigenvalue weighted by Crippen LogP contribution is -2.12. The molecule has 1 aliphatic rings. The SMILES string of the molecule is NC(c1ccc(Cl)c(Cl)c1)c1ccc2c(c1)CCO2. The van der Waals surface area contributed by atoms with Crippen LogP contribution in [0.3, 0.4) is 0 Å². The molecular formula is C15H13Cl2NO. The van der Waals surface area contributed by atoms with Gasteiger partial charge in [-0.3, -0.25) is 0 Å². The van der Waals surface area contributed by atoms with Gasteiger partial charge in [0, 0.05) is 6.42 Å². The summed E-state index contributed by atoms with van der Waals surface area (Å²) in [5.41, 5.74) is 9.51. The number of fused-ring (bicyclic) bond motifs is 1. The number of hydrogen-bond donors (Lipinski definition) is 1. The van der Waals surface area contributed by atoms with Gasteiger partial charge in [0.15, 0.2) is 0 Å². The van der Waals surface area contributed by atoms with Crippen molar-refractivity contribution in [1.82, 2.24) is 0 Å². The van der Waals surface area contributed by atoms with Crippen molar-refractivity contribution >= 4 is 23.2 Å². The summed E-state index contributed by atoms with van der Waals surface area (Å²) < 4.78 is 5.49. The first-order chi connectivity index (χ1) is 9.15. The molecule has 98 valence electrons. The van der Waals surface area contributed by atoms with Gasteiger partial charge in [-0.25, -0.2) is 0 Å². The van der Waals surface area contributed by atoms with Gasteiger partial charge in [-0.2, -0.15) is 0 Å². The van der Waals surface area contributed by atoms with Gasteiger partial charge >= 0.3 is 0 Å². The van der Waals surface area contributed by atoms with E-state index >= 15 is 0 Å². The smallest absolute Gasteiger partial charge is 0.122 e. The van der Waals surface area contributed by atoms with Crippen LogP contribution < -0.4 is 10.5 Å². The Morgan fingerprint density at radius 1 is 1.00 bits per heavy atom. The quantitative estimate of drug-likeness (QED) is 0.909. The van der Waals surface area contributed by atoms with E-state index in [0.29, 0.717) is 10.0 Å². The Balaban J connectivity index is 1.94. The van der Waals surface area contributed by atoms with Gasteiger partial charge in [0.05, 0.1) is 22.7 Å². The lowest BCUT2D eigenvalue weighted by Gasteiger charge is -2.14. The molecule has 0 fully saturated rings. The van der Waals surface area contributed by atoms with Gasteiger partial charge in [0.25, 0.3) is 0 Å². The Kier molecular flexibility index (Phi) is 3.40. The van der Waals surface area contributed by atoms with Crippen LogP contribution >= 0.6 is 23.2 Å². The molecule has 0 saturated carbocycles. The van der Waals surface area contributed by atoms with Gasteiger partial charge in [0.2, 0.25) is 0 Å². The largest absolute Gasteiger partial charge is 0.493 e. The minimum absolute atomic E-state index is 0.208. The van der Waals surface area contributed by atoms with E-state index in [1.807, 2.05) is 24.3 Å². The molecular weight excluding hydrogens is 281 g/mol. The van der Waals surface area contributed by atoms with Crippen LogP contribution in [0.25, 0.3) is 0 Å². The maximum atomic E-state index is 6.29. The Hall–Kier alpha value is -1.22. The molecule has 1 heterocycles.